The van der Waals surface area contributed by atoms with Crippen LogP contribution < -0.4 is 4.74 Å². The number of nitrogens with zero attached hydrogens (tertiary/aromatic N) is 2. The second-order valence-electron chi connectivity index (χ2n) is 5.37. The second-order valence-corrected chi connectivity index (χ2v) is 6.65. The normalized spacial score (nSPS) is 11.8. The Balaban J connectivity index is 1.86. The molecule has 7 heteroatoms. The number of halogens is 3. The Kier molecular flexibility index (Phi) is 6.09. The van der Waals surface area contributed by atoms with Gasteiger partial charge in [0.05, 0.1) is 17.0 Å². The van der Waals surface area contributed by atoms with Crippen molar-refractivity contribution in [3.63, 3.8) is 0 Å². The molecule has 2 aromatic carbocycles. The Hall–Kier alpha value is -2.14. The second kappa shape index (κ2) is 8.49. The molecule has 0 atom stereocenters. The fourth-order valence-corrected chi connectivity index (χ4v) is 2.93. The molecule has 0 aliphatic heterocycles. The molecule has 3 rings (SSSR count). The van der Waals surface area contributed by atoms with Crippen molar-refractivity contribution in [3.05, 3.63) is 81.8 Å². The van der Waals surface area contributed by atoms with Gasteiger partial charge in [0.2, 0.25) is 6.79 Å². The van der Waals surface area contributed by atoms with Gasteiger partial charge < -0.3 is 14.0 Å². The molecule has 0 aliphatic carbocycles. The van der Waals surface area contributed by atoms with Gasteiger partial charge in [-0.1, -0.05) is 34.8 Å². The van der Waals surface area contributed by atoms with Gasteiger partial charge in [0.25, 0.3) is 0 Å². The van der Waals surface area contributed by atoms with Crippen molar-refractivity contribution in [1.82, 2.24) is 9.55 Å². The molecule has 3 aromatic rings. The quantitative estimate of drug-likeness (QED) is 0.357. The zero-order chi connectivity index (χ0) is 18.5. The number of hydrogen-bond acceptors (Lipinski definition) is 3. The first kappa shape index (κ1) is 18.6. The van der Waals surface area contributed by atoms with Crippen LogP contribution in [-0.2, 0) is 4.74 Å². The minimum atomic E-state index is 0.00194. The molecule has 1 aromatic heterocycles. The molecule has 0 radical (unpaired) electrons. The van der Waals surface area contributed by atoms with Crippen LogP contribution in [0.2, 0.25) is 15.1 Å². The molecular weight excluding hydrogens is 395 g/mol. The largest absolute Gasteiger partial charge is 0.457 e. The lowest BCUT2D eigenvalue weighted by atomic mass is 10.1. The molecule has 0 unspecified atom stereocenters. The number of benzene rings is 2. The molecule has 0 saturated heterocycles. The van der Waals surface area contributed by atoms with E-state index in [0.717, 1.165) is 5.70 Å². The SMILES string of the molecule is CC(=C(OCOc1ccc(Cl)cc1)c1ccc(Cl)cc1Cl)n1ccnc1. The Bertz CT molecular complexity index is 907. The van der Waals surface area contributed by atoms with Crippen molar-refractivity contribution < 1.29 is 9.47 Å². The maximum atomic E-state index is 6.36. The van der Waals surface area contributed by atoms with Crippen LogP contribution in [0.5, 0.6) is 5.75 Å². The van der Waals surface area contributed by atoms with Gasteiger partial charge in [-0.25, -0.2) is 4.98 Å². The van der Waals surface area contributed by atoms with E-state index in [-0.39, 0.29) is 6.79 Å². The predicted octanol–water partition coefficient (Wildman–Crippen LogP) is 6.24. The summed E-state index contributed by atoms with van der Waals surface area (Å²) in [6.07, 6.45) is 5.19. The van der Waals surface area contributed by atoms with Crippen LogP contribution in [0.4, 0.5) is 0 Å². The van der Waals surface area contributed by atoms with Crippen LogP contribution in [0, 0.1) is 0 Å². The van der Waals surface area contributed by atoms with E-state index in [2.05, 4.69) is 4.98 Å². The van der Waals surface area contributed by atoms with E-state index < -0.39 is 0 Å². The highest BCUT2D eigenvalue weighted by Crippen LogP contribution is 2.31. The molecule has 0 spiro atoms. The Morgan fingerprint density at radius 1 is 1.04 bits per heavy atom. The fourth-order valence-electron chi connectivity index (χ4n) is 2.31. The average molecular weight is 410 g/mol. The molecule has 26 heavy (non-hydrogen) atoms. The van der Waals surface area contributed by atoms with Crippen LogP contribution in [-0.4, -0.2) is 16.3 Å². The van der Waals surface area contributed by atoms with Crippen LogP contribution in [0.3, 0.4) is 0 Å². The zero-order valence-electron chi connectivity index (χ0n) is 13.8. The summed E-state index contributed by atoms with van der Waals surface area (Å²) in [6, 6.07) is 12.3. The molecule has 1 heterocycles. The molecule has 134 valence electrons. The molecule has 0 N–H and O–H groups in total. The summed E-state index contributed by atoms with van der Waals surface area (Å²) in [5, 5.41) is 1.68. The summed E-state index contributed by atoms with van der Waals surface area (Å²) in [5.41, 5.74) is 1.52. The van der Waals surface area contributed by atoms with Crippen molar-refractivity contribution >= 4 is 46.3 Å². The molecule has 0 saturated carbocycles. The summed E-state index contributed by atoms with van der Waals surface area (Å²) in [5.74, 6) is 1.22. The highest BCUT2D eigenvalue weighted by atomic mass is 35.5. The first-order valence-corrected chi connectivity index (χ1v) is 8.84. The topological polar surface area (TPSA) is 36.3 Å². The minimum absolute atomic E-state index is 0.00194. The molecule has 0 bridgehead atoms. The van der Waals surface area contributed by atoms with Crippen molar-refractivity contribution in [2.24, 2.45) is 0 Å². The van der Waals surface area contributed by atoms with E-state index in [1.807, 2.05) is 23.8 Å². The lowest BCUT2D eigenvalue weighted by Gasteiger charge is -2.17. The van der Waals surface area contributed by atoms with E-state index >= 15 is 0 Å². The highest BCUT2D eigenvalue weighted by Gasteiger charge is 2.14. The number of ether oxygens (including phenoxy) is 2. The summed E-state index contributed by atoms with van der Waals surface area (Å²) >= 11 is 18.2. The van der Waals surface area contributed by atoms with Gasteiger partial charge in [0, 0.05) is 28.0 Å². The van der Waals surface area contributed by atoms with Gasteiger partial charge in [-0.2, -0.15) is 0 Å². The number of allylic oxidation sites excluding steroid dienone is 1. The van der Waals surface area contributed by atoms with Crippen LogP contribution in [0.1, 0.15) is 12.5 Å². The van der Waals surface area contributed by atoms with E-state index in [4.69, 9.17) is 44.3 Å². The molecule has 0 amide bonds. The van der Waals surface area contributed by atoms with E-state index in [1.165, 1.54) is 0 Å². The Labute approximate surface area is 166 Å². The molecule has 0 fully saturated rings. The molecular formula is C19H15Cl3N2O2. The van der Waals surface area contributed by atoms with E-state index in [1.54, 1.807) is 48.9 Å². The minimum Gasteiger partial charge on any atom is -0.457 e. The van der Waals surface area contributed by atoms with Gasteiger partial charge in [-0.05, 0) is 49.4 Å². The van der Waals surface area contributed by atoms with Gasteiger partial charge in [-0.3, -0.25) is 0 Å². The lowest BCUT2D eigenvalue weighted by molar-refractivity contribution is 0.0954. The summed E-state index contributed by atoms with van der Waals surface area (Å²) in [4.78, 5) is 4.07. The fraction of sp³-hybridized carbons (Fsp3) is 0.105. The summed E-state index contributed by atoms with van der Waals surface area (Å²) < 4.78 is 13.4. The third-order valence-electron chi connectivity index (χ3n) is 3.64. The van der Waals surface area contributed by atoms with Crippen molar-refractivity contribution in [2.75, 3.05) is 6.79 Å². The van der Waals surface area contributed by atoms with Crippen LogP contribution >= 0.6 is 34.8 Å². The number of rotatable bonds is 6. The molecule has 4 nitrogen and oxygen atoms in total. The van der Waals surface area contributed by atoms with E-state index in [0.29, 0.717) is 32.1 Å². The van der Waals surface area contributed by atoms with Crippen LogP contribution in [0.25, 0.3) is 11.5 Å². The number of imidazole rings is 1. The van der Waals surface area contributed by atoms with Crippen molar-refractivity contribution in [3.8, 4) is 5.75 Å². The van der Waals surface area contributed by atoms with Crippen LogP contribution in [0.15, 0.2) is 61.2 Å². The lowest BCUT2D eigenvalue weighted by Crippen LogP contribution is -2.06. The third-order valence-corrected chi connectivity index (χ3v) is 4.44. The number of hydrogen-bond donors (Lipinski definition) is 0. The first-order valence-electron chi connectivity index (χ1n) is 7.70. The highest BCUT2D eigenvalue weighted by molar-refractivity contribution is 6.35. The van der Waals surface area contributed by atoms with Gasteiger partial charge in [0.15, 0.2) is 5.76 Å². The number of aromatic nitrogens is 2. The maximum absolute atomic E-state index is 6.36. The summed E-state index contributed by atoms with van der Waals surface area (Å²) in [7, 11) is 0. The smallest absolute Gasteiger partial charge is 0.231 e. The summed E-state index contributed by atoms with van der Waals surface area (Å²) in [6.45, 7) is 1.91. The van der Waals surface area contributed by atoms with E-state index in [9.17, 15) is 0 Å². The monoisotopic (exact) mass is 408 g/mol. The van der Waals surface area contributed by atoms with Gasteiger partial charge >= 0.3 is 0 Å². The molecule has 0 aliphatic rings. The zero-order valence-corrected chi connectivity index (χ0v) is 16.1. The third kappa shape index (κ3) is 4.52. The first-order chi connectivity index (χ1) is 12.5. The Morgan fingerprint density at radius 2 is 1.77 bits per heavy atom. The maximum Gasteiger partial charge on any atom is 0.231 e. The van der Waals surface area contributed by atoms with Gasteiger partial charge in [0.1, 0.15) is 5.75 Å². The average Bonchev–Trinajstić information content (AvgIpc) is 3.15. The predicted molar refractivity (Wildman–Crippen MR) is 106 cm³/mol. The Morgan fingerprint density at radius 3 is 2.42 bits per heavy atom. The van der Waals surface area contributed by atoms with Crippen molar-refractivity contribution in [2.45, 2.75) is 6.92 Å². The standard InChI is InChI=1S/C19H15Cl3N2O2/c1-13(24-9-8-23-11-24)19(17-7-4-15(21)10-18(17)22)26-12-25-16-5-2-14(20)3-6-16/h2-11H,12H2,1H3. The van der Waals surface area contributed by atoms with Gasteiger partial charge in [-0.15, -0.1) is 0 Å². The van der Waals surface area contributed by atoms with Crippen molar-refractivity contribution in [1.29, 1.82) is 0 Å².